The molecule has 0 aliphatic heterocycles. The molecule has 0 aliphatic rings. The van der Waals surface area contributed by atoms with Gasteiger partial charge < -0.3 is 0 Å². The number of ketones is 1. The molecule has 12 heavy (non-hydrogen) atoms. The van der Waals surface area contributed by atoms with E-state index in [1.165, 1.54) is 23.9 Å². The zero-order chi connectivity index (χ0) is 9.14. The lowest BCUT2D eigenvalue weighted by Crippen LogP contribution is -2.22. The smallest absolute Gasteiger partial charge is 0.253 e. The van der Waals surface area contributed by atoms with E-state index in [-0.39, 0.29) is 17.9 Å². The number of hydrogen-bond donors (Lipinski definition) is 0. The highest BCUT2D eigenvalue weighted by Gasteiger charge is 1.98. The van der Waals surface area contributed by atoms with Crippen LogP contribution < -0.4 is 5.56 Å². The Labute approximate surface area is 69.9 Å². The Kier molecular flexibility index (Phi) is 2.38. The van der Waals surface area contributed by atoms with Gasteiger partial charge in [-0.05, 0) is 13.8 Å². The third kappa shape index (κ3) is 2.02. The van der Waals surface area contributed by atoms with Crippen LogP contribution in [0.2, 0.25) is 0 Å². The van der Waals surface area contributed by atoms with Crippen LogP contribution >= 0.6 is 0 Å². The zero-order valence-electron chi connectivity index (χ0n) is 7.07. The lowest BCUT2D eigenvalue weighted by atomic mass is 10.4. The quantitative estimate of drug-likeness (QED) is 0.628. The largest absolute Gasteiger partial charge is 0.298 e. The van der Waals surface area contributed by atoms with Crippen molar-refractivity contribution in [3.63, 3.8) is 0 Å². The van der Waals surface area contributed by atoms with Crippen LogP contribution in [0.5, 0.6) is 0 Å². The van der Waals surface area contributed by atoms with Gasteiger partial charge in [0.1, 0.15) is 5.78 Å². The summed E-state index contributed by atoms with van der Waals surface area (Å²) < 4.78 is 1.29. The first kappa shape index (κ1) is 8.64. The summed E-state index contributed by atoms with van der Waals surface area (Å²) in [5.74, 6) is -0.0530. The predicted octanol–water partition coefficient (Wildman–Crippen LogP) is 0.141. The second kappa shape index (κ2) is 3.30. The molecule has 0 saturated heterocycles. The molecule has 1 aromatic rings. The van der Waals surface area contributed by atoms with Crippen molar-refractivity contribution in [2.24, 2.45) is 0 Å². The van der Waals surface area contributed by atoms with Gasteiger partial charge in [0.15, 0.2) is 0 Å². The van der Waals surface area contributed by atoms with E-state index in [1.54, 1.807) is 6.92 Å². The predicted molar refractivity (Wildman–Crippen MR) is 43.9 cm³/mol. The van der Waals surface area contributed by atoms with Gasteiger partial charge in [-0.15, -0.1) is 0 Å². The van der Waals surface area contributed by atoms with Crippen molar-refractivity contribution in [1.29, 1.82) is 0 Å². The van der Waals surface area contributed by atoms with Crippen LogP contribution in [0.15, 0.2) is 17.2 Å². The number of carbonyl (C=O) groups is 1. The van der Waals surface area contributed by atoms with Crippen LogP contribution in [0.25, 0.3) is 0 Å². The Bertz CT molecular complexity index is 354. The van der Waals surface area contributed by atoms with E-state index >= 15 is 0 Å². The highest BCUT2D eigenvalue weighted by molar-refractivity contribution is 5.75. The third-order valence-corrected chi connectivity index (χ3v) is 1.41. The Hall–Kier alpha value is -1.45. The Morgan fingerprint density at radius 3 is 2.83 bits per heavy atom. The zero-order valence-corrected chi connectivity index (χ0v) is 7.07. The van der Waals surface area contributed by atoms with Gasteiger partial charge in [-0.2, -0.15) is 0 Å². The van der Waals surface area contributed by atoms with E-state index in [2.05, 4.69) is 4.98 Å². The number of hydrogen-bond acceptors (Lipinski definition) is 3. The molecule has 0 radical (unpaired) electrons. The molecule has 0 bridgehead atoms. The van der Waals surface area contributed by atoms with Gasteiger partial charge in [-0.1, -0.05) is 0 Å². The molecule has 0 saturated carbocycles. The van der Waals surface area contributed by atoms with Crippen molar-refractivity contribution in [2.75, 3.05) is 0 Å². The Morgan fingerprint density at radius 2 is 2.33 bits per heavy atom. The Morgan fingerprint density at radius 1 is 1.67 bits per heavy atom. The van der Waals surface area contributed by atoms with Gasteiger partial charge in [-0.25, -0.2) is 4.98 Å². The van der Waals surface area contributed by atoms with Crippen molar-refractivity contribution >= 4 is 5.78 Å². The lowest BCUT2D eigenvalue weighted by Gasteiger charge is -2.00. The van der Waals surface area contributed by atoms with E-state index in [4.69, 9.17) is 0 Å². The minimum absolute atomic E-state index is 0.0530. The van der Waals surface area contributed by atoms with Crippen LogP contribution in [0.1, 0.15) is 12.6 Å². The van der Waals surface area contributed by atoms with Gasteiger partial charge in [0, 0.05) is 11.8 Å². The fourth-order valence-corrected chi connectivity index (χ4v) is 0.875. The molecule has 0 N–H and O–H groups in total. The number of carbonyl (C=O) groups excluding carboxylic acids is 1. The highest BCUT2D eigenvalue weighted by atomic mass is 16.1. The normalized spacial score (nSPS) is 9.83. The van der Waals surface area contributed by atoms with Gasteiger partial charge in [-0.3, -0.25) is 14.2 Å². The SMILES string of the molecule is CC(=O)Cn1cnc(C)cc1=O. The summed E-state index contributed by atoms with van der Waals surface area (Å²) >= 11 is 0. The molecule has 0 aromatic carbocycles. The summed E-state index contributed by atoms with van der Waals surface area (Å²) in [7, 11) is 0. The molecule has 0 fully saturated rings. The number of Topliss-reactive ketones (excluding diaryl/α,β-unsaturated/α-hetero) is 1. The molecule has 1 aromatic heterocycles. The molecule has 4 heteroatoms. The maximum absolute atomic E-state index is 11.1. The van der Waals surface area contributed by atoms with Gasteiger partial charge >= 0.3 is 0 Å². The molecule has 0 atom stereocenters. The van der Waals surface area contributed by atoms with E-state index in [0.717, 1.165) is 0 Å². The molecule has 4 nitrogen and oxygen atoms in total. The average Bonchev–Trinajstić information content (AvgIpc) is 1.94. The molecule has 0 amide bonds. The van der Waals surface area contributed by atoms with Gasteiger partial charge in [0.05, 0.1) is 12.9 Å². The summed E-state index contributed by atoms with van der Waals surface area (Å²) in [5, 5.41) is 0. The van der Waals surface area contributed by atoms with Crippen molar-refractivity contribution in [3.8, 4) is 0 Å². The third-order valence-electron chi connectivity index (χ3n) is 1.41. The maximum atomic E-state index is 11.1. The lowest BCUT2D eigenvalue weighted by molar-refractivity contribution is -0.117. The topological polar surface area (TPSA) is 52.0 Å². The molecule has 0 aliphatic carbocycles. The summed E-state index contributed by atoms with van der Waals surface area (Å²) in [4.78, 5) is 25.7. The minimum atomic E-state index is -0.183. The summed E-state index contributed by atoms with van der Waals surface area (Å²) in [5.41, 5.74) is 0.484. The summed E-state index contributed by atoms with van der Waals surface area (Å²) in [6.07, 6.45) is 1.39. The van der Waals surface area contributed by atoms with Crippen molar-refractivity contribution < 1.29 is 4.79 Å². The standard InChI is InChI=1S/C8H10N2O2/c1-6-3-8(12)10(5-9-6)4-7(2)11/h3,5H,4H2,1-2H3. The second-order valence-electron chi connectivity index (χ2n) is 2.70. The van der Waals surface area contributed by atoms with E-state index in [9.17, 15) is 9.59 Å². The van der Waals surface area contributed by atoms with Crippen molar-refractivity contribution in [3.05, 3.63) is 28.4 Å². The van der Waals surface area contributed by atoms with E-state index in [0.29, 0.717) is 5.69 Å². The average molecular weight is 166 g/mol. The monoisotopic (exact) mass is 166 g/mol. The van der Waals surface area contributed by atoms with Gasteiger partial charge in [0.2, 0.25) is 0 Å². The molecular weight excluding hydrogens is 156 g/mol. The fraction of sp³-hybridized carbons (Fsp3) is 0.375. The summed E-state index contributed by atoms with van der Waals surface area (Å²) in [6.45, 7) is 3.28. The van der Waals surface area contributed by atoms with E-state index < -0.39 is 0 Å². The van der Waals surface area contributed by atoms with Crippen LogP contribution in [0, 0.1) is 6.92 Å². The molecule has 0 spiro atoms. The number of aryl methyl sites for hydroxylation is 1. The van der Waals surface area contributed by atoms with Crippen LogP contribution in [-0.4, -0.2) is 15.3 Å². The van der Waals surface area contributed by atoms with Crippen molar-refractivity contribution in [2.45, 2.75) is 20.4 Å². The number of rotatable bonds is 2. The first-order valence-corrected chi connectivity index (χ1v) is 3.62. The minimum Gasteiger partial charge on any atom is -0.298 e. The summed E-state index contributed by atoms with van der Waals surface area (Å²) in [6, 6.07) is 1.41. The maximum Gasteiger partial charge on any atom is 0.253 e. The molecular formula is C8H10N2O2. The first-order valence-electron chi connectivity index (χ1n) is 3.62. The second-order valence-corrected chi connectivity index (χ2v) is 2.70. The molecule has 1 heterocycles. The highest BCUT2D eigenvalue weighted by Crippen LogP contribution is 1.85. The molecule has 1 rings (SSSR count). The first-order chi connectivity index (χ1) is 5.59. The van der Waals surface area contributed by atoms with Crippen LogP contribution in [0.3, 0.4) is 0 Å². The number of nitrogens with zero attached hydrogens (tertiary/aromatic N) is 2. The molecule has 0 unspecified atom stereocenters. The Balaban J connectivity index is 3.02. The van der Waals surface area contributed by atoms with Crippen LogP contribution in [-0.2, 0) is 11.3 Å². The van der Waals surface area contributed by atoms with E-state index in [1.807, 2.05) is 0 Å². The van der Waals surface area contributed by atoms with Crippen molar-refractivity contribution in [1.82, 2.24) is 9.55 Å². The molecule has 64 valence electrons. The number of aromatic nitrogens is 2. The van der Waals surface area contributed by atoms with Crippen LogP contribution in [0.4, 0.5) is 0 Å². The van der Waals surface area contributed by atoms with Gasteiger partial charge in [0.25, 0.3) is 5.56 Å². The fourth-order valence-electron chi connectivity index (χ4n) is 0.875.